The van der Waals surface area contributed by atoms with Crippen LogP contribution in [0, 0.1) is 0 Å². The van der Waals surface area contributed by atoms with E-state index in [1.165, 1.54) is 36.8 Å². The molecule has 1 heterocycles. The zero-order chi connectivity index (χ0) is 24.7. The Morgan fingerprint density at radius 2 is 1.69 bits per heavy atom. The van der Waals surface area contributed by atoms with Crippen molar-refractivity contribution in [3.63, 3.8) is 0 Å². The third-order valence-corrected chi connectivity index (χ3v) is 7.09. The average Bonchev–Trinajstić information content (AvgIpc) is 3.55. The molecule has 0 saturated heterocycles. The maximum absolute atomic E-state index is 6.44. The first kappa shape index (κ1) is 24.2. The number of benzene rings is 3. The number of para-hydroxylation sites is 3. The molecule has 0 unspecified atom stereocenters. The predicted octanol–water partition coefficient (Wildman–Crippen LogP) is 7.93. The van der Waals surface area contributed by atoms with Crippen LogP contribution in [0.2, 0.25) is 0 Å². The second-order valence-electron chi connectivity index (χ2n) is 9.70. The van der Waals surface area contributed by atoms with E-state index >= 15 is 0 Å². The molecule has 0 spiro atoms. The monoisotopic (exact) mass is 480 g/mol. The third kappa shape index (κ3) is 5.48. The van der Waals surface area contributed by atoms with Crippen LogP contribution in [0.5, 0.6) is 11.5 Å². The molecule has 0 N–H and O–H groups in total. The maximum Gasteiger partial charge on any atom is 0.168 e. The summed E-state index contributed by atoms with van der Waals surface area (Å²) in [6, 6.07) is 23.5. The Morgan fingerprint density at radius 1 is 0.917 bits per heavy atom. The lowest BCUT2D eigenvalue weighted by Gasteiger charge is -2.18. The highest BCUT2D eigenvalue weighted by Crippen LogP contribution is 2.36. The fourth-order valence-corrected chi connectivity index (χ4v) is 5.05. The molecule has 0 aliphatic heterocycles. The first-order valence-electron chi connectivity index (χ1n) is 13.3. The maximum atomic E-state index is 6.44. The first-order chi connectivity index (χ1) is 17.7. The number of fused-ring (bicyclic) bond motifs is 1. The van der Waals surface area contributed by atoms with E-state index in [0.717, 1.165) is 59.7 Å². The zero-order valence-electron chi connectivity index (χ0n) is 21.5. The van der Waals surface area contributed by atoms with Crippen LogP contribution < -0.4 is 9.47 Å². The van der Waals surface area contributed by atoms with Crippen molar-refractivity contribution in [1.82, 2.24) is 9.55 Å². The van der Waals surface area contributed by atoms with Crippen LogP contribution in [0.4, 0.5) is 0 Å². The van der Waals surface area contributed by atoms with E-state index < -0.39 is 0 Å². The van der Waals surface area contributed by atoms with Crippen molar-refractivity contribution in [1.29, 1.82) is 0 Å². The Labute approximate surface area is 214 Å². The van der Waals surface area contributed by atoms with Gasteiger partial charge in [-0.2, -0.15) is 0 Å². The Balaban J connectivity index is 1.46. The molecule has 5 rings (SSSR count). The molecule has 4 nitrogen and oxygen atoms in total. The van der Waals surface area contributed by atoms with Gasteiger partial charge in [0.05, 0.1) is 24.2 Å². The Hall–Kier alpha value is -3.53. The average molecular weight is 481 g/mol. The smallest absolute Gasteiger partial charge is 0.168 e. The summed E-state index contributed by atoms with van der Waals surface area (Å²) in [7, 11) is 1.71. The number of aromatic nitrogens is 2. The number of aryl methyl sites for hydroxylation is 1. The van der Waals surface area contributed by atoms with Crippen LogP contribution in [-0.4, -0.2) is 22.8 Å². The van der Waals surface area contributed by atoms with Gasteiger partial charge >= 0.3 is 0 Å². The highest BCUT2D eigenvalue weighted by molar-refractivity contribution is 5.81. The molecule has 186 valence electrons. The summed E-state index contributed by atoms with van der Waals surface area (Å²) in [6.45, 7) is 3.01. The number of hydrogen-bond donors (Lipinski definition) is 0. The van der Waals surface area contributed by atoms with E-state index in [2.05, 4.69) is 72.2 Å². The molecule has 3 aromatic carbocycles. The summed E-state index contributed by atoms with van der Waals surface area (Å²) in [6.07, 6.45) is 12.7. The van der Waals surface area contributed by atoms with Gasteiger partial charge in [0, 0.05) is 12.1 Å². The van der Waals surface area contributed by atoms with Crippen molar-refractivity contribution in [3.05, 3.63) is 89.2 Å². The van der Waals surface area contributed by atoms with Gasteiger partial charge in [0.2, 0.25) is 0 Å². The fourth-order valence-electron chi connectivity index (χ4n) is 5.05. The number of unbranched alkanes of at least 4 members (excludes halogenated alkanes) is 1. The molecule has 1 aliphatic rings. The van der Waals surface area contributed by atoms with Crippen molar-refractivity contribution in [3.8, 4) is 11.5 Å². The Bertz CT molecular complexity index is 1310. The standard InChI is InChI=1S/C32H36N2O2/c1-3-4-10-24-17-19-25(20-18-24)23-34-29-15-8-7-14-28(29)33-31(34)22-21-26-11-9-16-30(35-2)32(26)36-27-12-5-6-13-27/h7-9,11,14-22,27H,3-6,10,12-13,23H2,1-2H3/b22-21+. The zero-order valence-corrected chi connectivity index (χ0v) is 21.5. The quantitative estimate of drug-likeness (QED) is 0.231. The van der Waals surface area contributed by atoms with Crippen LogP contribution >= 0.6 is 0 Å². The molecule has 0 bridgehead atoms. The molecule has 0 radical (unpaired) electrons. The second kappa shape index (κ2) is 11.5. The molecule has 1 fully saturated rings. The van der Waals surface area contributed by atoms with Gasteiger partial charge in [0.25, 0.3) is 0 Å². The van der Waals surface area contributed by atoms with Crippen molar-refractivity contribution in [2.24, 2.45) is 0 Å². The first-order valence-corrected chi connectivity index (χ1v) is 13.3. The SMILES string of the molecule is CCCCc1ccc(Cn2c(/C=C/c3cccc(OC)c3OC3CCCC3)nc3ccccc32)cc1. The molecule has 4 aromatic rings. The van der Waals surface area contributed by atoms with Crippen LogP contribution in [0.1, 0.15) is 68.0 Å². The van der Waals surface area contributed by atoms with Crippen molar-refractivity contribution >= 4 is 23.2 Å². The largest absolute Gasteiger partial charge is 0.493 e. The van der Waals surface area contributed by atoms with Crippen LogP contribution in [0.3, 0.4) is 0 Å². The Kier molecular flexibility index (Phi) is 7.70. The van der Waals surface area contributed by atoms with Crippen molar-refractivity contribution < 1.29 is 9.47 Å². The van der Waals surface area contributed by atoms with E-state index in [9.17, 15) is 0 Å². The van der Waals surface area contributed by atoms with E-state index in [-0.39, 0.29) is 6.10 Å². The van der Waals surface area contributed by atoms with E-state index in [1.54, 1.807) is 7.11 Å². The predicted molar refractivity (Wildman–Crippen MR) is 149 cm³/mol. The number of ether oxygens (including phenoxy) is 2. The molecule has 0 atom stereocenters. The van der Waals surface area contributed by atoms with Gasteiger partial charge in [-0.1, -0.05) is 61.9 Å². The van der Waals surface area contributed by atoms with Crippen molar-refractivity contribution in [2.45, 2.75) is 64.5 Å². The minimum absolute atomic E-state index is 0.262. The summed E-state index contributed by atoms with van der Waals surface area (Å²) < 4.78 is 14.4. The van der Waals surface area contributed by atoms with E-state index in [4.69, 9.17) is 14.5 Å². The lowest BCUT2D eigenvalue weighted by molar-refractivity contribution is 0.200. The van der Waals surface area contributed by atoms with Crippen LogP contribution in [-0.2, 0) is 13.0 Å². The second-order valence-corrected chi connectivity index (χ2v) is 9.70. The summed E-state index contributed by atoms with van der Waals surface area (Å²) in [5.41, 5.74) is 5.84. The normalized spacial score (nSPS) is 14.2. The Morgan fingerprint density at radius 3 is 2.47 bits per heavy atom. The summed E-state index contributed by atoms with van der Waals surface area (Å²) >= 11 is 0. The van der Waals surface area contributed by atoms with Gasteiger partial charge in [0.15, 0.2) is 11.5 Å². The van der Waals surface area contributed by atoms with E-state index in [0.29, 0.717) is 0 Å². The topological polar surface area (TPSA) is 36.3 Å². The highest BCUT2D eigenvalue weighted by atomic mass is 16.5. The molecule has 4 heteroatoms. The van der Waals surface area contributed by atoms with Crippen LogP contribution in [0.25, 0.3) is 23.2 Å². The van der Waals surface area contributed by atoms with Crippen molar-refractivity contribution in [2.75, 3.05) is 7.11 Å². The number of rotatable bonds is 10. The fraction of sp³-hybridized carbons (Fsp3) is 0.344. The van der Waals surface area contributed by atoms with E-state index in [1.807, 2.05) is 18.2 Å². The van der Waals surface area contributed by atoms with Gasteiger partial charge in [-0.25, -0.2) is 4.98 Å². The van der Waals surface area contributed by atoms with Gasteiger partial charge in [0.1, 0.15) is 5.82 Å². The van der Waals surface area contributed by atoms with Gasteiger partial charge in [-0.05, 0) is 80.0 Å². The lowest BCUT2D eigenvalue weighted by atomic mass is 10.1. The number of nitrogens with zero attached hydrogens (tertiary/aromatic N) is 2. The van der Waals surface area contributed by atoms with Crippen LogP contribution in [0.15, 0.2) is 66.7 Å². The van der Waals surface area contributed by atoms with Gasteiger partial charge in [-0.15, -0.1) is 0 Å². The lowest BCUT2D eigenvalue weighted by Crippen LogP contribution is -2.12. The molecular weight excluding hydrogens is 444 g/mol. The molecule has 1 saturated carbocycles. The molecule has 36 heavy (non-hydrogen) atoms. The number of methoxy groups -OCH3 is 1. The highest BCUT2D eigenvalue weighted by Gasteiger charge is 2.20. The summed E-state index contributed by atoms with van der Waals surface area (Å²) in [5.74, 6) is 2.54. The molecule has 1 aliphatic carbocycles. The minimum atomic E-state index is 0.262. The molecule has 1 aromatic heterocycles. The van der Waals surface area contributed by atoms with Gasteiger partial charge in [-0.3, -0.25) is 0 Å². The number of imidazole rings is 1. The third-order valence-electron chi connectivity index (χ3n) is 7.09. The molecule has 0 amide bonds. The summed E-state index contributed by atoms with van der Waals surface area (Å²) in [5, 5.41) is 0. The summed E-state index contributed by atoms with van der Waals surface area (Å²) in [4.78, 5) is 4.96. The van der Waals surface area contributed by atoms with Gasteiger partial charge < -0.3 is 14.0 Å². The number of hydrogen-bond acceptors (Lipinski definition) is 3. The minimum Gasteiger partial charge on any atom is -0.493 e. The molecular formula is C32H36N2O2.